The van der Waals surface area contributed by atoms with Crippen molar-refractivity contribution < 1.29 is 9.26 Å². The Morgan fingerprint density at radius 2 is 2.04 bits per heavy atom. The van der Waals surface area contributed by atoms with E-state index in [-0.39, 0.29) is 6.10 Å². The minimum atomic E-state index is -0.185. The molecule has 3 rings (SSSR count). The Morgan fingerprint density at radius 1 is 1.22 bits per heavy atom. The van der Waals surface area contributed by atoms with E-state index in [1.807, 2.05) is 20.8 Å². The van der Waals surface area contributed by atoms with Crippen molar-refractivity contribution in [1.29, 1.82) is 5.26 Å². The first kappa shape index (κ1) is 19.2. The third-order valence-electron chi connectivity index (χ3n) is 5.00. The van der Waals surface area contributed by atoms with Crippen LogP contribution in [-0.2, 0) is 11.3 Å². The van der Waals surface area contributed by atoms with Crippen LogP contribution in [0.2, 0.25) is 0 Å². The molecule has 0 N–H and O–H groups in total. The Morgan fingerprint density at radius 3 is 2.78 bits per heavy atom. The number of hydrogen-bond donors (Lipinski definition) is 0. The molecule has 0 spiro atoms. The van der Waals surface area contributed by atoms with Gasteiger partial charge < -0.3 is 14.2 Å². The Hall–Kier alpha value is -2.57. The van der Waals surface area contributed by atoms with Crippen LogP contribution in [0.15, 0.2) is 4.52 Å². The quantitative estimate of drug-likeness (QED) is 0.777. The van der Waals surface area contributed by atoms with E-state index in [9.17, 15) is 5.26 Å². The Labute approximate surface area is 158 Å². The average Bonchev–Trinajstić information content (AvgIpc) is 3.02. The first-order valence-corrected chi connectivity index (χ1v) is 9.10. The van der Waals surface area contributed by atoms with Crippen molar-refractivity contribution in [1.82, 2.24) is 25.2 Å². The standard InChI is InChI=1S/C18H25N7O2/c1-12-13(2)21-22-18(15(12)10-19)25-7-5-6-24(8-9-25)11-16-20-17(23-27-16)14(3)26-4/h14H,5-9,11H2,1-4H3. The number of nitrogens with zero attached hydrogens (tertiary/aromatic N) is 7. The molecule has 1 aliphatic heterocycles. The summed E-state index contributed by atoms with van der Waals surface area (Å²) in [5, 5.41) is 22.0. The summed E-state index contributed by atoms with van der Waals surface area (Å²) in [5.74, 6) is 1.83. The van der Waals surface area contributed by atoms with Gasteiger partial charge in [-0.2, -0.15) is 15.3 Å². The zero-order valence-electron chi connectivity index (χ0n) is 16.3. The van der Waals surface area contributed by atoms with Crippen LogP contribution in [0.3, 0.4) is 0 Å². The molecule has 1 saturated heterocycles. The number of aryl methyl sites for hydroxylation is 1. The van der Waals surface area contributed by atoms with E-state index in [4.69, 9.17) is 9.26 Å². The maximum atomic E-state index is 9.55. The molecule has 2 aromatic rings. The first-order chi connectivity index (χ1) is 13.0. The Bertz CT molecular complexity index is 830. The molecule has 0 aromatic carbocycles. The summed E-state index contributed by atoms with van der Waals surface area (Å²) in [6.07, 6.45) is 0.768. The predicted octanol–water partition coefficient (Wildman–Crippen LogP) is 1.77. The number of nitriles is 1. The van der Waals surface area contributed by atoms with E-state index in [0.29, 0.717) is 29.6 Å². The van der Waals surface area contributed by atoms with E-state index >= 15 is 0 Å². The normalized spacial score (nSPS) is 16.8. The van der Waals surface area contributed by atoms with Crippen molar-refractivity contribution in [3.8, 4) is 6.07 Å². The molecule has 1 fully saturated rings. The highest BCUT2D eigenvalue weighted by Crippen LogP contribution is 2.23. The third kappa shape index (κ3) is 4.23. The summed E-state index contributed by atoms with van der Waals surface area (Å²) >= 11 is 0. The van der Waals surface area contributed by atoms with Gasteiger partial charge in [-0.3, -0.25) is 4.90 Å². The van der Waals surface area contributed by atoms with Gasteiger partial charge >= 0.3 is 0 Å². The molecule has 1 aliphatic rings. The molecule has 144 valence electrons. The van der Waals surface area contributed by atoms with E-state index in [0.717, 1.165) is 43.9 Å². The largest absolute Gasteiger partial charge is 0.374 e. The third-order valence-corrected chi connectivity index (χ3v) is 5.00. The fourth-order valence-electron chi connectivity index (χ4n) is 3.09. The minimum absolute atomic E-state index is 0.185. The van der Waals surface area contributed by atoms with Crippen LogP contribution >= 0.6 is 0 Å². The zero-order chi connectivity index (χ0) is 19.4. The van der Waals surface area contributed by atoms with Crippen LogP contribution in [0.4, 0.5) is 5.82 Å². The molecule has 3 heterocycles. The summed E-state index contributed by atoms with van der Waals surface area (Å²) < 4.78 is 10.6. The Balaban J connectivity index is 1.67. The maximum Gasteiger partial charge on any atom is 0.240 e. The van der Waals surface area contributed by atoms with Gasteiger partial charge in [0.05, 0.1) is 12.2 Å². The molecule has 1 atom stereocenters. The van der Waals surface area contributed by atoms with Crippen LogP contribution in [0.1, 0.15) is 48.0 Å². The van der Waals surface area contributed by atoms with Crippen LogP contribution < -0.4 is 4.90 Å². The molecule has 0 saturated carbocycles. The second kappa shape index (κ2) is 8.41. The monoisotopic (exact) mass is 371 g/mol. The summed E-state index contributed by atoms with van der Waals surface area (Å²) in [7, 11) is 1.62. The maximum absolute atomic E-state index is 9.55. The van der Waals surface area contributed by atoms with E-state index in [1.165, 1.54) is 0 Å². The molecule has 0 bridgehead atoms. The molecule has 2 aromatic heterocycles. The van der Waals surface area contributed by atoms with Gasteiger partial charge in [0, 0.05) is 33.3 Å². The molecule has 9 heteroatoms. The van der Waals surface area contributed by atoms with Gasteiger partial charge in [0.1, 0.15) is 17.7 Å². The van der Waals surface area contributed by atoms with Crippen LogP contribution in [0.25, 0.3) is 0 Å². The van der Waals surface area contributed by atoms with Gasteiger partial charge in [0.2, 0.25) is 5.89 Å². The van der Waals surface area contributed by atoms with Gasteiger partial charge in [-0.05, 0) is 32.8 Å². The van der Waals surface area contributed by atoms with Gasteiger partial charge in [-0.1, -0.05) is 5.16 Å². The minimum Gasteiger partial charge on any atom is -0.374 e. The van der Waals surface area contributed by atoms with Crippen LogP contribution in [0, 0.1) is 25.2 Å². The lowest BCUT2D eigenvalue weighted by atomic mass is 10.1. The smallest absolute Gasteiger partial charge is 0.240 e. The summed E-state index contributed by atoms with van der Waals surface area (Å²) in [5.41, 5.74) is 2.31. The van der Waals surface area contributed by atoms with Crippen LogP contribution in [-0.4, -0.2) is 58.5 Å². The second-order valence-electron chi connectivity index (χ2n) is 6.76. The highest BCUT2D eigenvalue weighted by molar-refractivity contribution is 5.57. The van der Waals surface area contributed by atoms with Crippen molar-refractivity contribution in [2.45, 2.75) is 39.8 Å². The van der Waals surface area contributed by atoms with Gasteiger partial charge in [-0.15, -0.1) is 5.10 Å². The lowest BCUT2D eigenvalue weighted by molar-refractivity contribution is 0.109. The van der Waals surface area contributed by atoms with E-state index in [1.54, 1.807) is 7.11 Å². The average molecular weight is 371 g/mol. The zero-order valence-corrected chi connectivity index (χ0v) is 16.3. The number of methoxy groups -OCH3 is 1. The highest BCUT2D eigenvalue weighted by atomic mass is 16.5. The van der Waals surface area contributed by atoms with Gasteiger partial charge in [0.15, 0.2) is 11.6 Å². The molecule has 0 amide bonds. The second-order valence-corrected chi connectivity index (χ2v) is 6.76. The number of rotatable bonds is 5. The summed E-state index contributed by atoms with van der Waals surface area (Å²) in [6, 6.07) is 2.29. The number of anilines is 1. The van der Waals surface area contributed by atoms with Crippen LogP contribution in [0.5, 0.6) is 0 Å². The molecule has 1 unspecified atom stereocenters. The summed E-state index contributed by atoms with van der Waals surface area (Å²) in [4.78, 5) is 8.82. The van der Waals surface area contributed by atoms with E-state index < -0.39 is 0 Å². The Kier molecular flexibility index (Phi) is 5.98. The highest BCUT2D eigenvalue weighted by Gasteiger charge is 2.22. The molecule has 9 nitrogen and oxygen atoms in total. The molecular formula is C18H25N7O2. The van der Waals surface area contributed by atoms with Gasteiger partial charge in [0.25, 0.3) is 0 Å². The van der Waals surface area contributed by atoms with Crippen molar-refractivity contribution in [3.63, 3.8) is 0 Å². The van der Waals surface area contributed by atoms with Crippen molar-refractivity contribution in [2.75, 3.05) is 38.2 Å². The predicted molar refractivity (Wildman–Crippen MR) is 98.1 cm³/mol. The van der Waals surface area contributed by atoms with Crippen molar-refractivity contribution in [2.24, 2.45) is 0 Å². The summed E-state index contributed by atoms with van der Waals surface area (Å²) in [6.45, 7) is 9.60. The fourth-order valence-corrected chi connectivity index (χ4v) is 3.09. The molecule has 27 heavy (non-hydrogen) atoms. The lowest BCUT2D eigenvalue weighted by Gasteiger charge is -2.23. The molecular weight excluding hydrogens is 346 g/mol. The number of hydrogen-bond acceptors (Lipinski definition) is 9. The topological polar surface area (TPSA) is 104 Å². The van der Waals surface area contributed by atoms with Crippen molar-refractivity contribution in [3.05, 3.63) is 28.5 Å². The number of aromatic nitrogens is 4. The number of ether oxygens (including phenoxy) is 1. The SMILES string of the molecule is COC(C)c1noc(CN2CCCN(c3nnc(C)c(C)c3C#N)CC2)n1. The molecule has 0 radical (unpaired) electrons. The van der Waals surface area contributed by atoms with Crippen molar-refractivity contribution >= 4 is 5.82 Å². The van der Waals surface area contributed by atoms with E-state index in [2.05, 4.69) is 36.2 Å². The van der Waals surface area contributed by atoms with Gasteiger partial charge in [-0.25, -0.2) is 0 Å². The molecule has 0 aliphatic carbocycles. The first-order valence-electron chi connectivity index (χ1n) is 9.10. The lowest BCUT2D eigenvalue weighted by Crippen LogP contribution is -2.32. The fraction of sp³-hybridized carbons (Fsp3) is 0.611.